The fourth-order valence-electron chi connectivity index (χ4n) is 3.84. The molecule has 3 aromatic rings. The van der Waals surface area contributed by atoms with Gasteiger partial charge in [-0.25, -0.2) is 9.97 Å². The van der Waals surface area contributed by atoms with Gasteiger partial charge in [0.2, 0.25) is 5.95 Å². The minimum absolute atomic E-state index is 0.667. The minimum atomic E-state index is 0.667. The van der Waals surface area contributed by atoms with Crippen LogP contribution in [0.25, 0.3) is 22.4 Å². The molecule has 5 heteroatoms. The maximum Gasteiger partial charge on any atom is 0.223 e. The molecule has 1 N–H and O–H groups in total. The van der Waals surface area contributed by atoms with Crippen LogP contribution in [0.3, 0.4) is 0 Å². The van der Waals surface area contributed by atoms with Crippen LogP contribution in [0.15, 0.2) is 55.0 Å². The van der Waals surface area contributed by atoms with E-state index in [-0.39, 0.29) is 0 Å². The number of nitrogens with zero attached hydrogens (tertiary/aromatic N) is 4. The molecule has 1 aliphatic heterocycles. The molecule has 4 rings (SSSR count). The Kier molecular flexibility index (Phi) is 5.63. The van der Waals surface area contributed by atoms with Gasteiger partial charge >= 0.3 is 0 Å². The van der Waals surface area contributed by atoms with Crippen molar-refractivity contribution < 1.29 is 0 Å². The molecule has 0 radical (unpaired) electrons. The van der Waals surface area contributed by atoms with Crippen LogP contribution in [-0.2, 0) is 0 Å². The molecule has 0 saturated carbocycles. The highest BCUT2D eigenvalue weighted by Gasteiger charge is 2.20. The predicted molar refractivity (Wildman–Crippen MR) is 114 cm³/mol. The molecular formula is C23H27N5. The Labute approximate surface area is 166 Å². The second kappa shape index (κ2) is 8.48. The standard InChI is InChI=1S/C23H27N5/c1-17-5-7-19(8-6-17)22-21(18-9-12-24-13-10-18)16-26-23(27-22)25-14-11-20-4-3-15-28(20)2/h5-10,12-13,16,20H,3-4,11,14-15H2,1-2H3,(H,25,26,27)/t20-/m1/s1. The average molecular weight is 374 g/mol. The summed E-state index contributed by atoms with van der Waals surface area (Å²) in [5.41, 5.74) is 5.37. The van der Waals surface area contributed by atoms with Crippen molar-refractivity contribution in [1.29, 1.82) is 0 Å². The highest BCUT2D eigenvalue weighted by atomic mass is 15.2. The average Bonchev–Trinajstić information content (AvgIpc) is 3.14. The molecule has 5 nitrogen and oxygen atoms in total. The molecule has 3 heterocycles. The zero-order valence-corrected chi connectivity index (χ0v) is 16.6. The summed E-state index contributed by atoms with van der Waals surface area (Å²) >= 11 is 0. The molecule has 1 aliphatic rings. The van der Waals surface area contributed by atoms with Gasteiger partial charge in [0.05, 0.1) is 5.69 Å². The largest absolute Gasteiger partial charge is 0.354 e. The summed E-state index contributed by atoms with van der Waals surface area (Å²) in [5.74, 6) is 0.689. The molecule has 0 bridgehead atoms. The monoisotopic (exact) mass is 373 g/mol. The molecule has 0 aliphatic carbocycles. The number of nitrogens with one attached hydrogen (secondary N) is 1. The van der Waals surface area contributed by atoms with Gasteiger partial charge in [0, 0.05) is 42.3 Å². The van der Waals surface area contributed by atoms with Gasteiger partial charge in [0.15, 0.2) is 0 Å². The van der Waals surface area contributed by atoms with E-state index < -0.39 is 0 Å². The topological polar surface area (TPSA) is 53.9 Å². The van der Waals surface area contributed by atoms with Gasteiger partial charge < -0.3 is 10.2 Å². The fourth-order valence-corrected chi connectivity index (χ4v) is 3.84. The predicted octanol–water partition coefficient (Wildman–Crippen LogP) is 4.41. The lowest BCUT2D eigenvalue weighted by Crippen LogP contribution is -2.27. The highest BCUT2D eigenvalue weighted by molar-refractivity contribution is 5.80. The number of rotatable bonds is 6. The number of pyridine rings is 1. The molecule has 0 spiro atoms. The van der Waals surface area contributed by atoms with Gasteiger partial charge in [-0.3, -0.25) is 4.98 Å². The normalized spacial score (nSPS) is 17.0. The Morgan fingerprint density at radius 2 is 1.86 bits per heavy atom. The van der Waals surface area contributed by atoms with Gasteiger partial charge in [-0.15, -0.1) is 0 Å². The minimum Gasteiger partial charge on any atom is -0.354 e. The third kappa shape index (κ3) is 4.20. The van der Waals surface area contributed by atoms with Gasteiger partial charge in [-0.05, 0) is 57.5 Å². The third-order valence-corrected chi connectivity index (χ3v) is 5.54. The van der Waals surface area contributed by atoms with Crippen LogP contribution in [0, 0.1) is 6.92 Å². The van der Waals surface area contributed by atoms with Crippen LogP contribution >= 0.6 is 0 Å². The molecule has 1 fully saturated rings. The number of hydrogen-bond acceptors (Lipinski definition) is 5. The summed E-state index contributed by atoms with van der Waals surface area (Å²) in [7, 11) is 2.22. The number of hydrogen-bond donors (Lipinski definition) is 1. The van der Waals surface area contributed by atoms with Crippen LogP contribution in [0.4, 0.5) is 5.95 Å². The van der Waals surface area contributed by atoms with E-state index in [4.69, 9.17) is 4.98 Å². The van der Waals surface area contributed by atoms with Crippen molar-refractivity contribution in [2.45, 2.75) is 32.2 Å². The number of anilines is 1. The molecule has 1 atom stereocenters. The maximum atomic E-state index is 4.88. The number of benzene rings is 1. The summed E-state index contributed by atoms with van der Waals surface area (Å²) in [6.07, 6.45) is 9.23. The smallest absolute Gasteiger partial charge is 0.223 e. The third-order valence-electron chi connectivity index (χ3n) is 5.54. The van der Waals surface area contributed by atoms with Crippen molar-refractivity contribution in [1.82, 2.24) is 19.9 Å². The summed E-state index contributed by atoms with van der Waals surface area (Å²) in [5, 5.41) is 3.43. The summed E-state index contributed by atoms with van der Waals surface area (Å²) in [6.45, 7) is 4.19. The number of aromatic nitrogens is 3. The van der Waals surface area contributed by atoms with Crippen molar-refractivity contribution in [3.05, 3.63) is 60.6 Å². The van der Waals surface area contributed by atoms with E-state index in [1.807, 2.05) is 18.3 Å². The Balaban J connectivity index is 1.59. The van der Waals surface area contributed by atoms with Crippen LogP contribution in [0.2, 0.25) is 0 Å². The van der Waals surface area contributed by atoms with Crippen LogP contribution in [0.5, 0.6) is 0 Å². The molecule has 2 aromatic heterocycles. The lowest BCUT2D eigenvalue weighted by Gasteiger charge is -2.19. The van der Waals surface area contributed by atoms with Crippen molar-refractivity contribution in [2.75, 3.05) is 25.5 Å². The van der Waals surface area contributed by atoms with E-state index in [2.05, 4.69) is 58.4 Å². The first-order valence-corrected chi connectivity index (χ1v) is 9.99. The Hall–Kier alpha value is -2.79. The lowest BCUT2D eigenvalue weighted by molar-refractivity contribution is 0.301. The van der Waals surface area contributed by atoms with E-state index in [0.717, 1.165) is 35.3 Å². The second-order valence-electron chi connectivity index (χ2n) is 7.55. The van der Waals surface area contributed by atoms with E-state index in [1.54, 1.807) is 12.4 Å². The first-order valence-electron chi connectivity index (χ1n) is 9.99. The maximum absolute atomic E-state index is 4.88. The summed E-state index contributed by atoms with van der Waals surface area (Å²) < 4.78 is 0. The van der Waals surface area contributed by atoms with E-state index in [1.165, 1.54) is 24.9 Å². The molecular weight excluding hydrogens is 346 g/mol. The summed E-state index contributed by atoms with van der Waals surface area (Å²) in [4.78, 5) is 16.0. The first-order chi connectivity index (χ1) is 13.7. The molecule has 0 amide bonds. The zero-order chi connectivity index (χ0) is 19.3. The quantitative estimate of drug-likeness (QED) is 0.694. The van der Waals surface area contributed by atoms with Gasteiger partial charge in [-0.2, -0.15) is 0 Å². The van der Waals surface area contributed by atoms with Crippen molar-refractivity contribution in [3.63, 3.8) is 0 Å². The Morgan fingerprint density at radius 1 is 1.07 bits per heavy atom. The van der Waals surface area contributed by atoms with Crippen LogP contribution < -0.4 is 5.32 Å². The van der Waals surface area contributed by atoms with E-state index >= 15 is 0 Å². The highest BCUT2D eigenvalue weighted by Crippen LogP contribution is 2.30. The molecule has 1 aromatic carbocycles. The van der Waals surface area contributed by atoms with Crippen molar-refractivity contribution >= 4 is 5.95 Å². The van der Waals surface area contributed by atoms with Crippen molar-refractivity contribution in [2.24, 2.45) is 0 Å². The Bertz CT molecular complexity index is 908. The van der Waals surface area contributed by atoms with Gasteiger partial charge in [-0.1, -0.05) is 29.8 Å². The van der Waals surface area contributed by atoms with Gasteiger partial charge in [0.1, 0.15) is 0 Å². The Morgan fingerprint density at radius 3 is 2.57 bits per heavy atom. The molecule has 144 valence electrons. The number of likely N-dealkylation sites (tertiary alicyclic amines) is 1. The molecule has 0 unspecified atom stereocenters. The fraction of sp³-hybridized carbons (Fsp3) is 0.348. The van der Waals surface area contributed by atoms with E-state index in [9.17, 15) is 0 Å². The van der Waals surface area contributed by atoms with Crippen LogP contribution in [0.1, 0.15) is 24.8 Å². The summed E-state index contributed by atoms with van der Waals surface area (Å²) in [6, 6.07) is 13.2. The number of aryl methyl sites for hydroxylation is 1. The second-order valence-corrected chi connectivity index (χ2v) is 7.55. The van der Waals surface area contributed by atoms with Crippen molar-refractivity contribution in [3.8, 4) is 22.4 Å². The van der Waals surface area contributed by atoms with Gasteiger partial charge in [0.25, 0.3) is 0 Å². The molecule has 1 saturated heterocycles. The van der Waals surface area contributed by atoms with Crippen LogP contribution in [-0.4, -0.2) is 46.0 Å². The SMILES string of the molecule is Cc1ccc(-c2nc(NCC[C@H]3CCCN3C)ncc2-c2ccncc2)cc1. The lowest BCUT2D eigenvalue weighted by atomic mass is 10.0. The van der Waals surface area contributed by atoms with E-state index in [0.29, 0.717) is 12.0 Å². The molecule has 28 heavy (non-hydrogen) atoms. The zero-order valence-electron chi connectivity index (χ0n) is 16.6. The first kappa shape index (κ1) is 18.6.